The Labute approximate surface area is 404 Å². The number of para-hydroxylation sites is 1. The van der Waals surface area contributed by atoms with Crippen LogP contribution < -0.4 is 10.6 Å². The molecule has 4 rings (SSSR count). The lowest BCUT2D eigenvalue weighted by atomic mass is 9.87. The maximum absolute atomic E-state index is 14.6. The molecule has 17 nitrogen and oxygen atoms in total. The van der Waals surface area contributed by atoms with Crippen LogP contribution in [0.15, 0.2) is 30.5 Å². The van der Waals surface area contributed by atoms with Gasteiger partial charge in [-0.15, -0.1) is 0 Å². The van der Waals surface area contributed by atoms with Crippen molar-refractivity contribution in [2.24, 2.45) is 23.7 Å². The summed E-state index contributed by atoms with van der Waals surface area (Å²) in [5.74, 6) is -3.53. The number of nitrogens with one attached hydrogen (secondary N) is 3. The van der Waals surface area contributed by atoms with Gasteiger partial charge in [-0.25, -0.2) is 5.06 Å². The molecule has 2 aliphatic rings. The molecular weight excluding hydrogens is 871 g/mol. The van der Waals surface area contributed by atoms with E-state index in [1.54, 1.807) is 26.0 Å². The number of carboxylic acids is 1. The number of hydroxylamine groups is 2. The van der Waals surface area contributed by atoms with E-state index < -0.39 is 66.1 Å². The van der Waals surface area contributed by atoms with Crippen molar-refractivity contribution in [1.82, 2.24) is 35.4 Å². The first-order valence-corrected chi connectivity index (χ1v) is 25.0. The Bertz CT molecular complexity index is 1950. The van der Waals surface area contributed by atoms with Gasteiger partial charge in [0.05, 0.1) is 49.3 Å². The van der Waals surface area contributed by atoms with Gasteiger partial charge in [0.2, 0.25) is 23.6 Å². The van der Waals surface area contributed by atoms with Gasteiger partial charge in [-0.2, -0.15) is 0 Å². The molecule has 0 spiro atoms. The number of fused-ring (bicyclic) bond motifs is 1. The number of aromatic amines is 1. The van der Waals surface area contributed by atoms with Gasteiger partial charge in [0, 0.05) is 63.3 Å². The number of rotatable bonds is 27. The van der Waals surface area contributed by atoms with E-state index in [1.165, 1.54) is 5.06 Å². The normalized spacial score (nSPS) is 19.2. The highest BCUT2D eigenvalue weighted by molar-refractivity contribution is 6.00. The summed E-state index contributed by atoms with van der Waals surface area (Å²) in [5, 5.41) is 17.1. The predicted octanol–water partition coefficient (Wildman–Crippen LogP) is 5.41. The summed E-state index contributed by atoms with van der Waals surface area (Å²) in [6, 6.07) is 4.80. The fourth-order valence-corrected chi connectivity index (χ4v) is 10.5. The maximum atomic E-state index is 14.6. The maximum Gasteiger partial charge on any atom is 0.303 e. The molecule has 2 aromatic rings. The number of likely N-dealkylation sites (tertiary alicyclic amines) is 1. The van der Waals surface area contributed by atoms with Gasteiger partial charge >= 0.3 is 5.97 Å². The van der Waals surface area contributed by atoms with Gasteiger partial charge in [0.15, 0.2) is 0 Å². The molecular formula is C51H83N7O10. The molecule has 2 fully saturated rings. The molecule has 2 aliphatic heterocycles. The van der Waals surface area contributed by atoms with Crippen molar-refractivity contribution in [1.29, 1.82) is 0 Å². The highest BCUT2D eigenvalue weighted by Crippen LogP contribution is 2.31. The number of H-pyrrole nitrogens is 1. The first-order chi connectivity index (χ1) is 32.4. The number of benzene rings is 1. The Hall–Kier alpha value is -4.42. The topological polar surface area (TPSA) is 203 Å². The molecule has 1 aromatic heterocycles. The molecule has 382 valence electrons. The molecule has 0 aliphatic carbocycles. The zero-order valence-electron chi connectivity index (χ0n) is 42.8. The number of aromatic nitrogens is 1. The number of nitrogens with zero attached hydrogens (tertiary/aromatic N) is 4. The van der Waals surface area contributed by atoms with Crippen molar-refractivity contribution in [3.8, 4) is 0 Å². The third-order valence-corrected chi connectivity index (χ3v) is 14.3. The molecule has 0 saturated carbocycles. The fourth-order valence-electron chi connectivity index (χ4n) is 10.5. The van der Waals surface area contributed by atoms with E-state index in [2.05, 4.69) is 29.5 Å². The van der Waals surface area contributed by atoms with Crippen molar-refractivity contribution in [3.05, 3.63) is 36.0 Å². The number of methoxy groups -OCH3 is 2. The summed E-state index contributed by atoms with van der Waals surface area (Å²) in [6.07, 6.45) is 6.67. The van der Waals surface area contributed by atoms with Crippen LogP contribution in [0.2, 0.25) is 0 Å². The molecule has 4 N–H and O–H groups in total. The largest absolute Gasteiger partial charge is 0.481 e. The van der Waals surface area contributed by atoms with E-state index in [0.29, 0.717) is 45.5 Å². The monoisotopic (exact) mass is 954 g/mol. The summed E-state index contributed by atoms with van der Waals surface area (Å²) in [5.41, 5.74) is 1.83. The number of unbranched alkanes of at least 4 members (excludes halogenated alkanes) is 2. The average molecular weight is 954 g/mol. The molecule has 3 heterocycles. The van der Waals surface area contributed by atoms with Crippen LogP contribution in [-0.2, 0) is 49.5 Å². The first kappa shape index (κ1) is 56.2. The van der Waals surface area contributed by atoms with Crippen LogP contribution in [0, 0.1) is 23.7 Å². The van der Waals surface area contributed by atoms with Gasteiger partial charge in [0.25, 0.3) is 5.91 Å². The van der Waals surface area contributed by atoms with Crippen molar-refractivity contribution < 1.29 is 48.2 Å². The smallest absolute Gasteiger partial charge is 0.303 e. The summed E-state index contributed by atoms with van der Waals surface area (Å²) in [6.45, 7) is 15.6. The zero-order chi connectivity index (χ0) is 50.2. The number of carbonyl (C=O) groups is 6. The number of carbonyl (C=O) groups excluding carboxylic acids is 5. The summed E-state index contributed by atoms with van der Waals surface area (Å²) in [4.78, 5) is 96.6. The van der Waals surface area contributed by atoms with Crippen LogP contribution in [-0.4, -0.2) is 162 Å². The number of carboxylic acid groups (broad SMARTS) is 1. The number of hydrogen-bond donors (Lipinski definition) is 4. The molecule has 9 atom stereocenters. The third kappa shape index (κ3) is 14.8. The fraction of sp³-hybridized carbons (Fsp3) is 0.725. The van der Waals surface area contributed by atoms with Crippen LogP contribution in [0.5, 0.6) is 0 Å². The van der Waals surface area contributed by atoms with Gasteiger partial charge in [0.1, 0.15) is 6.04 Å². The highest BCUT2D eigenvalue weighted by atomic mass is 16.7. The second-order valence-electron chi connectivity index (χ2n) is 19.8. The zero-order valence-corrected chi connectivity index (χ0v) is 42.8. The van der Waals surface area contributed by atoms with Crippen LogP contribution >= 0.6 is 0 Å². The van der Waals surface area contributed by atoms with E-state index in [4.69, 9.17) is 19.4 Å². The number of hydrogen-bond acceptors (Lipinski definition) is 11. The van der Waals surface area contributed by atoms with Gasteiger partial charge in [-0.1, -0.05) is 79.5 Å². The van der Waals surface area contributed by atoms with Crippen molar-refractivity contribution >= 4 is 46.4 Å². The molecule has 0 bridgehead atoms. The number of amides is 5. The van der Waals surface area contributed by atoms with Crippen LogP contribution in [0.4, 0.5) is 0 Å². The Morgan fingerprint density at radius 1 is 0.882 bits per heavy atom. The third-order valence-electron chi connectivity index (χ3n) is 14.3. The lowest BCUT2D eigenvalue weighted by Gasteiger charge is -2.43. The van der Waals surface area contributed by atoms with Gasteiger partial charge < -0.3 is 29.8 Å². The quantitative estimate of drug-likeness (QED) is 0.0831. The number of imide groups is 1. The minimum Gasteiger partial charge on any atom is -0.481 e. The Morgan fingerprint density at radius 2 is 1.57 bits per heavy atom. The minimum atomic E-state index is -0.904. The second-order valence-corrected chi connectivity index (χ2v) is 19.8. The lowest BCUT2D eigenvalue weighted by molar-refractivity contribution is -0.199. The van der Waals surface area contributed by atoms with E-state index in [0.717, 1.165) is 48.6 Å². The lowest BCUT2D eigenvalue weighted by Crippen LogP contribution is -2.60. The molecule has 17 heteroatoms. The summed E-state index contributed by atoms with van der Waals surface area (Å²) in [7, 11) is 6.84. The number of aliphatic carboxylic acids is 1. The molecule has 68 heavy (non-hydrogen) atoms. The van der Waals surface area contributed by atoms with E-state index in [-0.39, 0.29) is 54.7 Å². The second kappa shape index (κ2) is 27.1. The predicted molar refractivity (Wildman–Crippen MR) is 261 cm³/mol. The van der Waals surface area contributed by atoms with Crippen LogP contribution in [0.1, 0.15) is 118 Å². The van der Waals surface area contributed by atoms with E-state index in [1.807, 2.05) is 82.1 Å². The Morgan fingerprint density at radius 3 is 2.19 bits per heavy atom. The van der Waals surface area contributed by atoms with Crippen molar-refractivity contribution in [2.45, 2.75) is 162 Å². The summed E-state index contributed by atoms with van der Waals surface area (Å²) < 4.78 is 12.2. The van der Waals surface area contributed by atoms with E-state index >= 15 is 0 Å². The first-order valence-electron chi connectivity index (χ1n) is 25.0. The standard InChI is InChI=1S/C51H83N7O10/c1-12-34(6)46(56(9)45(33(4)5)50(64)54-49(63)44(32(2)3)55(8)25-17-13-14-24-43(60)61)41(66-10)30-42(59)57-26-20-23-40(57)47(67-11)35(7)48(62)53-39(51(65)58-27-18-19-28-68-58)29-36-31-52-38-22-16-15-21-37(36)38/h15-16,21-22,31-35,39-41,44-47,52H,12-14,17-20,23-30H2,1-11H3,(H,53,62)(H,60,61)(H,54,63,64)/t34-,35+,39-,40-,41+,44-,45-,46-,47+/m0/s1. The highest BCUT2D eigenvalue weighted by Gasteiger charge is 2.44. The summed E-state index contributed by atoms with van der Waals surface area (Å²) >= 11 is 0. The molecule has 2 saturated heterocycles. The van der Waals surface area contributed by atoms with Gasteiger partial charge in [-0.3, -0.25) is 48.7 Å². The molecule has 1 aromatic carbocycles. The number of likely N-dealkylation sites (N-methyl/N-ethyl adjacent to an activating group) is 2. The molecule has 0 radical (unpaired) electrons. The van der Waals surface area contributed by atoms with Crippen molar-refractivity contribution in [3.63, 3.8) is 0 Å². The van der Waals surface area contributed by atoms with E-state index in [9.17, 15) is 28.8 Å². The average Bonchev–Trinajstić information content (AvgIpc) is 3.96. The van der Waals surface area contributed by atoms with Gasteiger partial charge in [-0.05, 0) is 88.5 Å². The van der Waals surface area contributed by atoms with Crippen molar-refractivity contribution in [2.75, 3.05) is 54.6 Å². The number of ether oxygens (including phenoxy) is 2. The Kier molecular flexibility index (Phi) is 22.4. The SMILES string of the molecule is CC[C@H](C)[C@@H]([C@@H](CC(=O)N1CCC[C@H]1[C@H](OC)[C@@H](C)C(=O)N[C@@H](Cc1c[nH]c2ccccc12)C(=O)N1CCCCO1)OC)N(C)[C@H](C(=O)NC(=O)[C@H](C(C)C)N(C)CCCCCC(=O)O)C(C)C. The minimum absolute atomic E-state index is 0.0123. The Balaban J connectivity index is 1.49. The molecule has 0 unspecified atom stereocenters. The van der Waals surface area contributed by atoms with Crippen LogP contribution in [0.25, 0.3) is 10.9 Å². The van der Waals surface area contributed by atoms with Crippen LogP contribution in [0.3, 0.4) is 0 Å². The molecule has 5 amide bonds.